The van der Waals surface area contributed by atoms with Crippen molar-refractivity contribution in [2.45, 2.75) is 37.8 Å². The molecule has 1 aliphatic rings. The van der Waals surface area contributed by atoms with Gasteiger partial charge in [-0.2, -0.15) is 4.31 Å². The Bertz CT molecular complexity index is 890. The fraction of sp³-hybridized carbons (Fsp3) is 0.421. The smallest absolute Gasteiger partial charge is 0.265 e. The number of anilines is 1. The van der Waals surface area contributed by atoms with E-state index in [0.717, 1.165) is 41.0 Å². The maximum absolute atomic E-state index is 12.8. The molecule has 1 fully saturated rings. The van der Waals surface area contributed by atoms with Crippen LogP contribution in [0.4, 0.5) is 5.69 Å². The van der Waals surface area contributed by atoms with Gasteiger partial charge in [-0.1, -0.05) is 25.1 Å². The number of carbonyl (C=O) groups is 1. The van der Waals surface area contributed by atoms with Crippen molar-refractivity contribution >= 4 is 33.0 Å². The number of para-hydroxylation sites is 1. The van der Waals surface area contributed by atoms with Gasteiger partial charge in [-0.15, -0.1) is 11.3 Å². The predicted molar refractivity (Wildman–Crippen MR) is 105 cm³/mol. The molecule has 5 nitrogen and oxygen atoms in total. The lowest BCUT2D eigenvalue weighted by Crippen LogP contribution is -2.37. The minimum atomic E-state index is -3.52. The van der Waals surface area contributed by atoms with Crippen molar-refractivity contribution in [2.75, 3.05) is 18.4 Å². The SMILES string of the molecule is Cc1cccc(C)c1NC(=O)c1ccc(S(=O)(=O)N2CCC(C)CC2)s1. The van der Waals surface area contributed by atoms with Crippen LogP contribution in [0.1, 0.15) is 40.6 Å². The van der Waals surface area contributed by atoms with E-state index in [1.807, 2.05) is 32.0 Å². The number of carbonyl (C=O) groups excluding carboxylic acids is 1. The van der Waals surface area contributed by atoms with Crippen molar-refractivity contribution in [2.24, 2.45) is 5.92 Å². The van der Waals surface area contributed by atoms with Crippen molar-refractivity contribution in [3.63, 3.8) is 0 Å². The van der Waals surface area contributed by atoms with E-state index in [-0.39, 0.29) is 10.1 Å². The highest BCUT2D eigenvalue weighted by Crippen LogP contribution is 2.29. The highest BCUT2D eigenvalue weighted by Gasteiger charge is 2.29. The highest BCUT2D eigenvalue weighted by atomic mass is 32.2. The molecule has 1 aromatic heterocycles. The van der Waals surface area contributed by atoms with E-state index in [1.165, 1.54) is 10.4 Å². The van der Waals surface area contributed by atoms with Crippen LogP contribution >= 0.6 is 11.3 Å². The summed E-state index contributed by atoms with van der Waals surface area (Å²) in [5, 5.41) is 2.91. The van der Waals surface area contributed by atoms with Gasteiger partial charge in [0.25, 0.3) is 15.9 Å². The summed E-state index contributed by atoms with van der Waals surface area (Å²) in [6.45, 7) is 7.11. The first-order valence-electron chi connectivity index (χ1n) is 8.76. The van der Waals surface area contributed by atoms with Gasteiger partial charge in [0, 0.05) is 18.8 Å². The first-order chi connectivity index (χ1) is 12.3. The Hall–Kier alpha value is -1.70. The van der Waals surface area contributed by atoms with Crippen LogP contribution in [0.3, 0.4) is 0 Å². The first-order valence-corrected chi connectivity index (χ1v) is 11.0. The van der Waals surface area contributed by atoms with Crippen LogP contribution in [-0.2, 0) is 10.0 Å². The molecule has 0 atom stereocenters. The molecule has 7 heteroatoms. The molecule has 1 aliphatic heterocycles. The van der Waals surface area contributed by atoms with Gasteiger partial charge in [0.1, 0.15) is 4.21 Å². The number of nitrogens with one attached hydrogen (secondary N) is 1. The van der Waals surface area contributed by atoms with Crippen LogP contribution in [0.5, 0.6) is 0 Å². The summed E-state index contributed by atoms with van der Waals surface area (Å²) in [6, 6.07) is 8.94. The molecule has 1 saturated heterocycles. The average Bonchev–Trinajstić information content (AvgIpc) is 3.09. The molecule has 140 valence electrons. The number of sulfonamides is 1. The molecule has 1 amide bonds. The van der Waals surface area contributed by atoms with Crippen molar-refractivity contribution in [3.8, 4) is 0 Å². The molecule has 2 aromatic rings. The van der Waals surface area contributed by atoms with Gasteiger partial charge in [-0.3, -0.25) is 4.79 Å². The van der Waals surface area contributed by atoms with Gasteiger partial charge in [0.05, 0.1) is 4.88 Å². The van der Waals surface area contributed by atoms with Gasteiger partial charge in [0.2, 0.25) is 0 Å². The number of thiophene rings is 1. The molecule has 1 aromatic carbocycles. The normalized spacial score (nSPS) is 16.6. The van der Waals surface area contributed by atoms with E-state index in [9.17, 15) is 13.2 Å². The lowest BCUT2D eigenvalue weighted by molar-refractivity contribution is 0.103. The molecule has 0 unspecified atom stereocenters. The predicted octanol–water partition coefficient (Wildman–Crippen LogP) is 4.04. The zero-order chi connectivity index (χ0) is 18.9. The second-order valence-corrected chi connectivity index (χ2v) is 10.2. The van der Waals surface area contributed by atoms with Crippen molar-refractivity contribution < 1.29 is 13.2 Å². The maximum atomic E-state index is 12.8. The monoisotopic (exact) mass is 392 g/mol. The molecule has 0 aliphatic carbocycles. The Morgan fingerprint density at radius 3 is 2.35 bits per heavy atom. The van der Waals surface area contributed by atoms with Crippen molar-refractivity contribution in [1.29, 1.82) is 0 Å². The number of piperidine rings is 1. The number of hydrogen-bond acceptors (Lipinski definition) is 4. The molecule has 26 heavy (non-hydrogen) atoms. The molecule has 0 saturated carbocycles. The molecule has 2 heterocycles. The zero-order valence-corrected chi connectivity index (χ0v) is 16.9. The summed E-state index contributed by atoms with van der Waals surface area (Å²) >= 11 is 1.03. The van der Waals surface area contributed by atoms with E-state index in [1.54, 1.807) is 6.07 Å². The van der Waals surface area contributed by atoms with Crippen molar-refractivity contribution in [1.82, 2.24) is 4.31 Å². The van der Waals surface area contributed by atoms with E-state index >= 15 is 0 Å². The standard InChI is InChI=1S/C19H24N2O3S2/c1-13-9-11-21(12-10-13)26(23,24)17-8-7-16(25-17)19(22)20-18-14(2)5-4-6-15(18)3/h4-8,13H,9-12H2,1-3H3,(H,20,22). The summed E-state index contributed by atoms with van der Waals surface area (Å²) in [7, 11) is -3.52. The molecule has 0 bridgehead atoms. The molecular weight excluding hydrogens is 368 g/mol. The lowest BCUT2D eigenvalue weighted by atomic mass is 10.0. The quantitative estimate of drug-likeness (QED) is 0.854. The molecule has 0 spiro atoms. The summed E-state index contributed by atoms with van der Waals surface area (Å²) in [5.74, 6) is 0.282. The summed E-state index contributed by atoms with van der Waals surface area (Å²) in [4.78, 5) is 13.0. The number of benzene rings is 1. The van der Waals surface area contributed by atoms with Crippen LogP contribution in [0.15, 0.2) is 34.5 Å². The van der Waals surface area contributed by atoms with Gasteiger partial charge < -0.3 is 5.32 Å². The summed E-state index contributed by atoms with van der Waals surface area (Å²) in [6.07, 6.45) is 1.76. The second-order valence-electron chi connectivity index (χ2n) is 6.93. The topological polar surface area (TPSA) is 66.5 Å². The van der Waals surface area contributed by atoms with Gasteiger partial charge in [0.15, 0.2) is 0 Å². The fourth-order valence-electron chi connectivity index (χ4n) is 3.12. The Labute approximate surface area is 159 Å². The van der Waals surface area contributed by atoms with Crippen LogP contribution in [-0.4, -0.2) is 31.7 Å². The van der Waals surface area contributed by atoms with Crippen LogP contribution in [0, 0.1) is 19.8 Å². The lowest BCUT2D eigenvalue weighted by Gasteiger charge is -2.28. The molecule has 0 radical (unpaired) electrons. The van der Waals surface area contributed by atoms with E-state index in [0.29, 0.717) is 23.9 Å². The van der Waals surface area contributed by atoms with Crippen LogP contribution < -0.4 is 5.32 Å². The first kappa shape index (κ1) is 19.1. The van der Waals surface area contributed by atoms with E-state index < -0.39 is 10.0 Å². The third kappa shape index (κ3) is 3.84. The Kier molecular flexibility index (Phi) is 5.50. The number of hydrogen-bond donors (Lipinski definition) is 1. The van der Waals surface area contributed by atoms with E-state index in [4.69, 9.17) is 0 Å². The van der Waals surface area contributed by atoms with Gasteiger partial charge >= 0.3 is 0 Å². The Morgan fingerprint density at radius 2 is 1.73 bits per heavy atom. The number of rotatable bonds is 4. The number of nitrogens with zero attached hydrogens (tertiary/aromatic N) is 1. The van der Waals surface area contributed by atoms with Crippen molar-refractivity contribution in [3.05, 3.63) is 46.3 Å². The van der Waals surface area contributed by atoms with E-state index in [2.05, 4.69) is 12.2 Å². The third-order valence-electron chi connectivity index (χ3n) is 4.86. The molecule has 1 N–H and O–H groups in total. The minimum Gasteiger partial charge on any atom is -0.321 e. The fourth-order valence-corrected chi connectivity index (χ4v) is 5.95. The minimum absolute atomic E-state index is 0.235. The van der Waals surface area contributed by atoms with Crippen LogP contribution in [0.2, 0.25) is 0 Å². The average molecular weight is 393 g/mol. The second kappa shape index (κ2) is 7.50. The molecule has 3 rings (SSSR count). The Morgan fingerprint density at radius 1 is 1.12 bits per heavy atom. The third-order valence-corrected chi connectivity index (χ3v) is 8.31. The number of aryl methyl sites for hydroxylation is 2. The van der Waals surface area contributed by atoms with Gasteiger partial charge in [-0.05, 0) is 55.9 Å². The summed E-state index contributed by atoms with van der Waals surface area (Å²) in [5.41, 5.74) is 2.73. The largest absolute Gasteiger partial charge is 0.321 e. The highest BCUT2D eigenvalue weighted by molar-refractivity contribution is 7.91. The van der Waals surface area contributed by atoms with Gasteiger partial charge in [-0.25, -0.2) is 8.42 Å². The zero-order valence-electron chi connectivity index (χ0n) is 15.3. The molecular formula is C19H24N2O3S2. The maximum Gasteiger partial charge on any atom is 0.265 e. The number of amides is 1. The Balaban J connectivity index is 1.78. The summed E-state index contributed by atoms with van der Waals surface area (Å²) < 4.78 is 27.4. The van der Waals surface area contributed by atoms with Crippen LogP contribution in [0.25, 0.3) is 0 Å².